The number of methoxy groups -OCH3 is 2. The maximum absolute atomic E-state index is 12.8. The Morgan fingerprint density at radius 3 is 2.33 bits per heavy atom. The Morgan fingerprint density at radius 1 is 1.06 bits per heavy atom. The molecule has 12 heteroatoms. The Labute approximate surface area is 189 Å². The van der Waals surface area contributed by atoms with E-state index in [0.29, 0.717) is 43.2 Å². The molecule has 0 radical (unpaired) electrons. The lowest BCUT2D eigenvalue weighted by molar-refractivity contribution is -0.386. The van der Waals surface area contributed by atoms with Crippen molar-refractivity contribution in [2.45, 2.75) is 0 Å². The number of amides is 2. The monoisotopic (exact) mass is 460 g/mol. The van der Waals surface area contributed by atoms with Crippen LogP contribution in [-0.4, -0.2) is 83.7 Å². The number of carbonyl (C=O) groups excluding carboxylic acids is 2. The molecule has 1 aliphatic heterocycles. The number of aromatic hydroxyl groups is 2. The van der Waals surface area contributed by atoms with Crippen molar-refractivity contribution in [1.82, 2.24) is 9.80 Å². The van der Waals surface area contributed by atoms with Crippen molar-refractivity contribution in [1.29, 1.82) is 0 Å². The number of rotatable bonds is 7. The Bertz CT molecular complexity index is 1070. The summed E-state index contributed by atoms with van der Waals surface area (Å²) in [6.45, 7) is 1.64. The quantitative estimate of drug-likeness (QED) is 0.241. The molecule has 2 amide bonds. The minimum atomic E-state index is -0.936. The zero-order valence-corrected chi connectivity index (χ0v) is 18.1. The van der Waals surface area contributed by atoms with Crippen LogP contribution in [0.4, 0.5) is 11.4 Å². The molecular weight excluding hydrogens is 436 g/mol. The smallest absolute Gasteiger partial charge is 0.354 e. The van der Waals surface area contributed by atoms with Crippen molar-refractivity contribution in [3.63, 3.8) is 0 Å². The summed E-state index contributed by atoms with van der Waals surface area (Å²) in [5.41, 5.74) is -0.593. The van der Waals surface area contributed by atoms with Gasteiger partial charge >= 0.3 is 5.69 Å². The van der Waals surface area contributed by atoms with Crippen LogP contribution in [-0.2, 0) is 4.79 Å². The predicted octanol–water partition coefficient (Wildman–Crippen LogP) is 1.42. The maximum Gasteiger partial charge on any atom is 0.354 e. The van der Waals surface area contributed by atoms with Crippen molar-refractivity contribution in [3.05, 3.63) is 46.0 Å². The molecule has 33 heavy (non-hydrogen) atoms. The Kier molecular flexibility index (Phi) is 7.18. The van der Waals surface area contributed by atoms with Crippen LogP contribution in [0.3, 0.4) is 0 Å². The minimum absolute atomic E-state index is 0.0352. The number of nitrogens with zero attached hydrogens (tertiary/aromatic N) is 3. The van der Waals surface area contributed by atoms with E-state index in [1.54, 1.807) is 23.1 Å². The number of piperazine rings is 1. The van der Waals surface area contributed by atoms with E-state index in [2.05, 4.69) is 5.32 Å². The van der Waals surface area contributed by atoms with Crippen molar-refractivity contribution in [3.8, 4) is 23.0 Å². The number of hydrogen-bond donors (Lipinski definition) is 3. The van der Waals surface area contributed by atoms with Gasteiger partial charge in [-0.3, -0.25) is 24.6 Å². The number of anilines is 1. The number of benzene rings is 2. The summed E-state index contributed by atoms with van der Waals surface area (Å²) in [5, 5.41) is 32.9. The average molecular weight is 460 g/mol. The van der Waals surface area contributed by atoms with E-state index in [1.807, 2.05) is 4.90 Å². The van der Waals surface area contributed by atoms with Gasteiger partial charge < -0.3 is 29.9 Å². The Hall–Kier alpha value is -4.06. The lowest BCUT2D eigenvalue weighted by atomic mass is 10.1. The van der Waals surface area contributed by atoms with E-state index >= 15 is 0 Å². The fourth-order valence-electron chi connectivity index (χ4n) is 3.50. The van der Waals surface area contributed by atoms with Crippen LogP contribution in [0, 0.1) is 10.1 Å². The molecule has 0 aromatic heterocycles. The number of nitrogens with one attached hydrogen (secondary N) is 1. The lowest BCUT2D eigenvalue weighted by Gasteiger charge is -2.34. The zero-order valence-electron chi connectivity index (χ0n) is 18.1. The topological polar surface area (TPSA) is 155 Å². The third-order valence-corrected chi connectivity index (χ3v) is 5.24. The first kappa shape index (κ1) is 23.6. The molecule has 0 unspecified atom stereocenters. The van der Waals surface area contributed by atoms with Crippen molar-refractivity contribution in [2.24, 2.45) is 0 Å². The summed E-state index contributed by atoms with van der Waals surface area (Å²) >= 11 is 0. The number of carbonyl (C=O) groups is 2. The number of nitro groups is 1. The Morgan fingerprint density at radius 2 is 1.73 bits per heavy atom. The molecule has 0 bridgehead atoms. The molecule has 0 atom stereocenters. The van der Waals surface area contributed by atoms with Gasteiger partial charge in [-0.2, -0.15) is 0 Å². The number of hydrogen-bond acceptors (Lipinski definition) is 9. The van der Waals surface area contributed by atoms with E-state index < -0.39 is 28.0 Å². The van der Waals surface area contributed by atoms with Gasteiger partial charge in [0, 0.05) is 31.7 Å². The van der Waals surface area contributed by atoms with Crippen LogP contribution < -0.4 is 14.8 Å². The van der Waals surface area contributed by atoms with Gasteiger partial charge in [0.25, 0.3) is 5.91 Å². The van der Waals surface area contributed by atoms with E-state index in [4.69, 9.17) is 9.47 Å². The second kappa shape index (κ2) is 10.0. The molecule has 176 valence electrons. The first-order valence-electron chi connectivity index (χ1n) is 9.98. The molecule has 2 aromatic carbocycles. The normalized spacial score (nSPS) is 13.9. The molecule has 1 heterocycles. The first-order chi connectivity index (χ1) is 15.7. The van der Waals surface area contributed by atoms with Crippen LogP contribution in [0.15, 0.2) is 30.3 Å². The highest BCUT2D eigenvalue weighted by atomic mass is 16.6. The predicted molar refractivity (Wildman–Crippen MR) is 117 cm³/mol. The van der Waals surface area contributed by atoms with E-state index in [9.17, 15) is 29.9 Å². The number of phenols is 2. The number of ether oxygens (including phenoxy) is 2. The van der Waals surface area contributed by atoms with E-state index in [-0.39, 0.29) is 18.1 Å². The van der Waals surface area contributed by atoms with Crippen molar-refractivity contribution < 1.29 is 34.2 Å². The molecule has 3 rings (SSSR count). The molecule has 1 saturated heterocycles. The Balaban J connectivity index is 1.56. The fraction of sp³-hybridized carbons (Fsp3) is 0.333. The summed E-state index contributed by atoms with van der Waals surface area (Å²) in [6, 6.07) is 7.13. The van der Waals surface area contributed by atoms with E-state index in [1.165, 1.54) is 20.3 Å². The lowest BCUT2D eigenvalue weighted by Crippen LogP contribution is -2.50. The third-order valence-electron chi connectivity index (χ3n) is 5.24. The van der Waals surface area contributed by atoms with Gasteiger partial charge in [0.1, 0.15) is 0 Å². The number of phenolic OH excluding ortho intramolecular Hbond substituents is 2. The summed E-state index contributed by atoms with van der Waals surface area (Å²) in [4.78, 5) is 38.7. The van der Waals surface area contributed by atoms with Gasteiger partial charge in [0.05, 0.1) is 31.4 Å². The van der Waals surface area contributed by atoms with Gasteiger partial charge in [-0.05, 0) is 30.3 Å². The summed E-state index contributed by atoms with van der Waals surface area (Å²) in [5.74, 6) is -1.21. The zero-order chi connectivity index (χ0) is 24.1. The third kappa shape index (κ3) is 5.23. The van der Waals surface area contributed by atoms with Crippen LogP contribution in [0.25, 0.3) is 0 Å². The minimum Gasteiger partial charge on any atom is -0.502 e. The van der Waals surface area contributed by atoms with Gasteiger partial charge in [0.2, 0.25) is 11.7 Å². The highest BCUT2D eigenvalue weighted by Gasteiger charge is 2.26. The largest absolute Gasteiger partial charge is 0.502 e. The van der Waals surface area contributed by atoms with Crippen molar-refractivity contribution >= 4 is 23.2 Å². The van der Waals surface area contributed by atoms with Gasteiger partial charge in [0.15, 0.2) is 17.2 Å². The van der Waals surface area contributed by atoms with Gasteiger partial charge in [-0.25, -0.2) is 0 Å². The summed E-state index contributed by atoms with van der Waals surface area (Å²) in [7, 11) is 3.00. The molecule has 3 N–H and O–H groups in total. The highest BCUT2D eigenvalue weighted by Crippen LogP contribution is 2.40. The number of nitro benzene ring substituents is 1. The fourth-order valence-corrected chi connectivity index (χ4v) is 3.50. The van der Waals surface area contributed by atoms with Crippen LogP contribution >= 0.6 is 0 Å². The average Bonchev–Trinajstić information content (AvgIpc) is 2.80. The molecule has 12 nitrogen and oxygen atoms in total. The molecule has 1 aliphatic rings. The SMILES string of the molecule is COc1ccc(C(=O)N2CCN(CC(=O)Nc3ccc(O)c([N+](=O)[O-])c3O)CC2)cc1OC. The standard InChI is InChI=1S/C21H24N4O8/c1-32-16-6-3-13(11-17(16)33-2)21(29)24-9-7-23(8-10-24)12-18(27)22-14-4-5-15(26)19(20(14)28)25(30)31/h3-6,11,26,28H,7-10,12H2,1-2H3,(H,22,27). The van der Waals surface area contributed by atoms with Gasteiger partial charge in [-0.15, -0.1) is 0 Å². The van der Waals surface area contributed by atoms with Crippen LogP contribution in [0.2, 0.25) is 0 Å². The molecular formula is C21H24N4O8. The molecule has 2 aromatic rings. The second-order valence-corrected chi connectivity index (χ2v) is 7.27. The maximum atomic E-state index is 12.8. The summed E-state index contributed by atoms with van der Waals surface area (Å²) < 4.78 is 10.4. The molecule has 0 aliphatic carbocycles. The van der Waals surface area contributed by atoms with Gasteiger partial charge in [-0.1, -0.05) is 0 Å². The van der Waals surface area contributed by atoms with Crippen LogP contribution in [0.1, 0.15) is 10.4 Å². The molecule has 0 saturated carbocycles. The van der Waals surface area contributed by atoms with Crippen LogP contribution in [0.5, 0.6) is 23.0 Å². The van der Waals surface area contributed by atoms with Crippen molar-refractivity contribution in [2.75, 3.05) is 52.3 Å². The molecule has 0 spiro atoms. The first-order valence-corrected chi connectivity index (χ1v) is 9.98. The molecule has 1 fully saturated rings. The summed E-state index contributed by atoms with van der Waals surface area (Å²) in [6.07, 6.45) is 0. The van der Waals surface area contributed by atoms with E-state index in [0.717, 1.165) is 6.07 Å². The second-order valence-electron chi connectivity index (χ2n) is 7.27. The highest BCUT2D eigenvalue weighted by molar-refractivity contribution is 5.96.